The van der Waals surface area contributed by atoms with E-state index < -0.39 is 0 Å². The van der Waals surface area contributed by atoms with Gasteiger partial charge in [-0.05, 0) is 37.5 Å². The van der Waals surface area contributed by atoms with Crippen LogP contribution < -0.4 is 21.7 Å². The molecular formula is C15H22N4O2. The minimum absolute atomic E-state index is 0.0147. The van der Waals surface area contributed by atoms with Gasteiger partial charge >= 0.3 is 6.03 Å². The van der Waals surface area contributed by atoms with Crippen molar-refractivity contribution >= 4 is 17.6 Å². The number of benzene rings is 1. The molecular weight excluding hydrogens is 268 g/mol. The smallest absolute Gasteiger partial charge is 0.319 e. The van der Waals surface area contributed by atoms with E-state index in [1.807, 2.05) is 19.1 Å². The Kier molecular flexibility index (Phi) is 5.16. The van der Waals surface area contributed by atoms with Crippen LogP contribution in [0.1, 0.15) is 37.8 Å². The summed E-state index contributed by atoms with van der Waals surface area (Å²) in [6.07, 6.45) is 2.43. The molecule has 1 saturated carbocycles. The molecule has 0 aromatic heterocycles. The number of rotatable bonds is 6. The predicted octanol–water partition coefficient (Wildman–Crippen LogP) is 1.50. The summed E-state index contributed by atoms with van der Waals surface area (Å²) in [4.78, 5) is 23.1. The molecule has 6 nitrogen and oxygen atoms in total. The minimum atomic E-state index is -0.317. The molecule has 1 aliphatic carbocycles. The number of urea groups is 1. The second-order valence-corrected chi connectivity index (χ2v) is 5.38. The molecule has 0 bridgehead atoms. The number of hydrogen-bond donors (Lipinski definition) is 4. The lowest BCUT2D eigenvalue weighted by molar-refractivity contribution is -0.121. The number of amides is 3. The summed E-state index contributed by atoms with van der Waals surface area (Å²) in [6, 6.07) is 7.37. The molecule has 1 aliphatic rings. The van der Waals surface area contributed by atoms with Gasteiger partial charge in [-0.25, -0.2) is 4.79 Å². The van der Waals surface area contributed by atoms with E-state index in [2.05, 4.69) is 16.0 Å². The van der Waals surface area contributed by atoms with Crippen LogP contribution in [0.2, 0.25) is 0 Å². The van der Waals surface area contributed by atoms with Crippen LogP contribution in [0.25, 0.3) is 0 Å². The van der Waals surface area contributed by atoms with Crippen LogP contribution in [-0.2, 0) is 4.79 Å². The maximum absolute atomic E-state index is 11.7. The summed E-state index contributed by atoms with van der Waals surface area (Å²) in [5, 5.41) is 8.24. The molecule has 0 spiro atoms. The van der Waals surface area contributed by atoms with Crippen LogP contribution >= 0.6 is 0 Å². The molecule has 3 amide bonds. The molecule has 5 N–H and O–H groups in total. The Morgan fingerprint density at radius 2 is 1.95 bits per heavy atom. The van der Waals surface area contributed by atoms with E-state index in [0.29, 0.717) is 24.7 Å². The molecule has 1 unspecified atom stereocenters. The molecule has 1 atom stereocenters. The van der Waals surface area contributed by atoms with Crippen LogP contribution in [-0.4, -0.2) is 24.5 Å². The minimum Gasteiger partial charge on any atom is -0.353 e. The number of hydrogen-bond acceptors (Lipinski definition) is 3. The van der Waals surface area contributed by atoms with Gasteiger partial charge in [0, 0.05) is 30.7 Å². The lowest BCUT2D eigenvalue weighted by atomic mass is 10.1. The SMILES string of the molecule is CC(N)c1ccc(NC(=O)NCCC(=O)NC2CC2)cc1. The predicted molar refractivity (Wildman–Crippen MR) is 81.8 cm³/mol. The van der Waals surface area contributed by atoms with E-state index in [-0.39, 0.29) is 18.0 Å². The molecule has 1 aromatic rings. The van der Waals surface area contributed by atoms with Crippen molar-refractivity contribution < 1.29 is 9.59 Å². The maximum Gasteiger partial charge on any atom is 0.319 e. The number of anilines is 1. The third kappa shape index (κ3) is 5.43. The van der Waals surface area contributed by atoms with E-state index in [4.69, 9.17) is 5.73 Å². The summed E-state index contributed by atoms with van der Waals surface area (Å²) in [5.74, 6) is -0.0147. The zero-order chi connectivity index (χ0) is 15.2. The van der Waals surface area contributed by atoms with Crippen molar-refractivity contribution in [3.05, 3.63) is 29.8 Å². The topological polar surface area (TPSA) is 96.2 Å². The third-order valence-electron chi connectivity index (χ3n) is 3.27. The molecule has 21 heavy (non-hydrogen) atoms. The highest BCUT2D eigenvalue weighted by molar-refractivity contribution is 5.89. The second kappa shape index (κ2) is 7.08. The Bertz CT molecular complexity index is 495. The summed E-state index contributed by atoms with van der Waals surface area (Å²) in [7, 11) is 0. The molecule has 2 rings (SSSR count). The first kappa shape index (κ1) is 15.3. The highest BCUT2D eigenvalue weighted by Crippen LogP contribution is 2.18. The quantitative estimate of drug-likeness (QED) is 0.639. The summed E-state index contributed by atoms with van der Waals surface area (Å²) >= 11 is 0. The number of nitrogens with two attached hydrogens (primary N) is 1. The van der Waals surface area contributed by atoms with Crippen molar-refractivity contribution in [2.75, 3.05) is 11.9 Å². The number of carbonyl (C=O) groups excluding carboxylic acids is 2. The standard InChI is InChI=1S/C15H22N4O2/c1-10(16)11-2-4-13(5-3-11)19-15(21)17-9-8-14(20)18-12-6-7-12/h2-5,10,12H,6-9,16H2,1H3,(H,18,20)(H2,17,19,21). The number of carbonyl (C=O) groups is 2. The first-order valence-corrected chi connectivity index (χ1v) is 7.24. The van der Waals surface area contributed by atoms with Crippen LogP contribution in [0.3, 0.4) is 0 Å². The van der Waals surface area contributed by atoms with Gasteiger partial charge in [0.15, 0.2) is 0 Å². The van der Waals surface area contributed by atoms with Gasteiger partial charge in [-0.2, -0.15) is 0 Å². The molecule has 0 saturated heterocycles. The summed E-state index contributed by atoms with van der Waals surface area (Å²) < 4.78 is 0. The first-order valence-electron chi connectivity index (χ1n) is 7.24. The Hall–Kier alpha value is -2.08. The Labute approximate surface area is 124 Å². The highest BCUT2D eigenvalue weighted by atomic mass is 16.2. The third-order valence-corrected chi connectivity index (χ3v) is 3.27. The van der Waals surface area contributed by atoms with Crippen LogP contribution in [0.15, 0.2) is 24.3 Å². The normalized spacial score (nSPS) is 15.1. The van der Waals surface area contributed by atoms with E-state index in [1.54, 1.807) is 12.1 Å². The van der Waals surface area contributed by atoms with Crippen molar-refractivity contribution in [2.24, 2.45) is 5.73 Å². The zero-order valence-electron chi connectivity index (χ0n) is 12.2. The molecule has 6 heteroatoms. The summed E-state index contributed by atoms with van der Waals surface area (Å²) in [5.41, 5.74) is 7.47. The first-order chi connectivity index (χ1) is 10.0. The maximum atomic E-state index is 11.7. The van der Waals surface area contributed by atoms with Crippen molar-refractivity contribution in [3.8, 4) is 0 Å². The van der Waals surface area contributed by atoms with Crippen molar-refractivity contribution in [2.45, 2.75) is 38.3 Å². The molecule has 114 valence electrons. The molecule has 0 aliphatic heterocycles. The van der Waals surface area contributed by atoms with Gasteiger partial charge in [0.05, 0.1) is 0 Å². The lowest BCUT2D eigenvalue weighted by Crippen LogP contribution is -2.33. The van der Waals surface area contributed by atoms with E-state index in [9.17, 15) is 9.59 Å². The van der Waals surface area contributed by atoms with Crippen LogP contribution in [0, 0.1) is 0 Å². The van der Waals surface area contributed by atoms with Crippen molar-refractivity contribution in [1.82, 2.24) is 10.6 Å². The lowest BCUT2D eigenvalue weighted by Gasteiger charge is -2.09. The molecule has 0 heterocycles. The van der Waals surface area contributed by atoms with E-state index in [1.165, 1.54) is 0 Å². The van der Waals surface area contributed by atoms with Crippen molar-refractivity contribution in [3.63, 3.8) is 0 Å². The highest BCUT2D eigenvalue weighted by Gasteiger charge is 2.22. The summed E-state index contributed by atoms with van der Waals surface area (Å²) in [6.45, 7) is 2.23. The molecule has 1 fully saturated rings. The van der Waals surface area contributed by atoms with Gasteiger partial charge < -0.3 is 21.7 Å². The van der Waals surface area contributed by atoms with Crippen LogP contribution in [0.4, 0.5) is 10.5 Å². The van der Waals surface area contributed by atoms with E-state index in [0.717, 1.165) is 18.4 Å². The van der Waals surface area contributed by atoms with Gasteiger partial charge in [0.2, 0.25) is 5.91 Å². The fourth-order valence-corrected chi connectivity index (χ4v) is 1.86. The monoisotopic (exact) mass is 290 g/mol. The fourth-order valence-electron chi connectivity index (χ4n) is 1.86. The van der Waals surface area contributed by atoms with Gasteiger partial charge in [-0.1, -0.05) is 12.1 Å². The average molecular weight is 290 g/mol. The van der Waals surface area contributed by atoms with Gasteiger partial charge in [0.25, 0.3) is 0 Å². The Morgan fingerprint density at radius 1 is 1.29 bits per heavy atom. The van der Waals surface area contributed by atoms with Gasteiger partial charge in [0.1, 0.15) is 0 Å². The average Bonchev–Trinajstić information content (AvgIpc) is 3.23. The van der Waals surface area contributed by atoms with Gasteiger partial charge in [-0.3, -0.25) is 4.79 Å². The largest absolute Gasteiger partial charge is 0.353 e. The number of nitrogens with one attached hydrogen (secondary N) is 3. The van der Waals surface area contributed by atoms with Gasteiger partial charge in [-0.15, -0.1) is 0 Å². The van der Waals surface area contributed by atoms with Crippen molar-refractivity contribution in [1.29, 1.82) is 0 Å². The zero-order valence-corrected chi connectivity index (χ0v) is 12.2. The fraction of sp³-hybridized carbons (Fsp3) is 0.467. The Balaban J connectivity index is 1.67. The van der Waals surface area contributed by atoms with E-state index >= 15 is 0 Å². The molecule has 0 radical (unpaired) electrons. The van der Waals surface area contributed by atoms with Crippen LogP contribution in [0.5, 0.6) is 0 Å². The Morgan fingerprint density at radius 3 is 2.52 bits per heavy atom. The second-order valence-electron chi connectivity index (χ2n) is 5.38. The molecule has 1 aromatic carbocycles.